The number of aromatic nitrogens is 1. The number of carbonyl (C=O) groups excluding carboxylic acids is 1. The molecular weight excluding hydrogens is 274 g/mol. The smallest absolute Gasteiger partial charge is 0.284 e. The largest absolute Gasteiger partial charge is 0.493 e. The Labute approximate surface area is 92.6 Å². The van der Waals surface area contributed by atoms with Crippen molar-refractivity contribution >= 4 is 21.8 Å². The van der Waals surface area contributed by atoms with E-state index in [-0.39, 0.29) is 15.8 Å². The number of ether oxygens (including phenoxy) is 1. The van der Waals surface area contributed by atoms with E-state index in [1.807, 2.05) is 0 Å². The fourth-order valence-electron chi connectivity index (χ4n) is 1.01. The van der Waals surface area contributed by atoms with Crippen LogP contribution >= 0.6 is 15.9 Å². The van der Waals surface area contributed by atoms with E-state index in [0.29, 0.717) is 0 Å². The van der Waals surface area contributed by atoms with Crippen molar-refractivity contribution in [2.24, 2.45) is 5.73 Å². The summed E-state index contributed by atoms with van der Waals surface area (Å²) in [6.07, 6.45) is -1.80. The molecule has 0 bridgehead atoms. The van der Waals surface area contributed by atoms with Crippen LogP contribution in [0.5, 0.6) is 5.75 Å². The van der Waals surface area contributed by atoms with E-state index in [0.717, 1.165) is 6.20 Å². The zero-order valence-electron chi connectivity index (χ0n) is 7.63. The average Bonchev–Trinajstić information content (AvgIpc) is 2.16. The Bertz CT molecular complexity index is 398. The maximum absolute atomic E-state index is 12.4. The van der Waals surface area contributed by atoms with Gasteiger partial charge in [0.2, 0.25) is 0 Å². The molecular formula is C8H7BrF2N2O2. The maximum Gasteiger partial charge on any atom is 0.284 e. The van der Waals surface area contributed by atoms with Gasteiger partial charge in [0.25, 0.3) is 12.3 Å². The molecule has 7 heteroatoms. The lowest BCUT2D eigenvalue weighted by Crippen LogP contribution is -2.13. The molecule has 1 heterocycles. The first-order valence-corrected chi connectivity index (χ1v) is 4.58. The number of nitrogens with zero attached hydrogens (tertiary/aromatic N) is 1. The van der Waals surface area contributed by atoms with Crippen molar-refractivity contribution in [2.45, 2.75) is 6.43 Å². The van der Waals surface area contributed by atoms with Gasteiger partial charge in [0, 0.05) is 6.20 Å². The summed E-state index contributed by atoms with van der Waals surface area (Å²) in [4.78, 5) is 14.3. The predicted octanol–water partition coefficient (Wildman–Crippen LogP) is 1.89. The minimum atomic E-state index is -2.78. The molecule has 1 amide bonds. The van der Waals surface area contributed by atoms with Gasteiger partial charge in [0.05, 0.1) is 17.1 Å². The molecule has 0 saturated heterocycles. The lowest BCUT2D eigenvalue weighted by atomic mass is 10.2. The van der Waals surface area contributed by atoms with Crippen molar-refractivity contribution in [3.63, 3.8) is 0 Å². The molecule has 1 aromatic heterocycles. The second-order valence-electron chi connectivity index (χ2n) is 2.57. The van der Waals surface area contributed by atoms with Crippen LogP contribution in [-0.2, 0) is 0 Å². The highest BCUT2D eigenvalue weighted by Crippen LogP contribution is 2.35. The Morgan fingerprint density at radius 3 is 2.67 bits per heavy atom. The van der Waals surface area contributed by atoms with E-state index >= 15 is 0 Å². The summed E-state index contributed by atoms with van der Waals surface area (Å²) in [5.41, 5.74) is 4.48. The summed E-state index contributed by atoms with van der Waals surface area (Å²) in [7, 11) is 1.21. The third-order valence-electron chi connectivity index (χ3n) is 1.68. The van der Waals surface area contributed by atoms with Gasteiger partial charge in [0.1, 0.15) is 5.69 Å². The molecule has 0 aliphatic rings. The molecule has 0 aromatic carbocycles. The van der Waals surface area contributed by atoms with Crippen molar-refractivity contribution in [1.82, 2.24) is 4.98 Å². The Morgan fingerprint density at radius 2 is 2.27 bits per heavy atom. The van der Waals surface area contributed by atoms with Crippen LogP contribution in [0.15, 0.2) is 10.7 Å². The minimum absolute atomic E-state index is 0.00347. The highest BCUT2D eigenvalue weighted by atomic mass is 79.9. The normalized spacial score (nSPS) is 10.5. The summed E-state index contributed by atoms with van der Waals surface area (Å²) in [6.45, 7) is 0. The zero-order valence-corrected chi connectivity index (χ0v) is 9.22. The van der Waals surface area contributed by atoms with Crippen LogP contribution in [0.25, 0.3) is 0 Å². The second kappa shape index (κ2) is 4.52. The standard InChI is InChI=1S/C8H7BrF2N2O2/c1-15-6-4(9)3(8(12)14)2-13-5(6)7(10)11/h2,7H,1H3,(H2,12,14). The van der Waals surface area contributed by atoms with Gasteiger partial charge in [-0.2, -0.15) is 0 Å². The lowest BCUT2D eigenvalue weighted by molar-refractivity contribution is 0.0997. The van der Waals surface area contributed by atoms with E-state index < -0.39 is 18.0 Å². The molecule has 0 saturated carbocycles. The number of alkyl halides is 2. The van der Waals surface area contributed by atoms with Gasteiger partial charge in [-0.25, -0.2) is 8.78 Å². The third kappa shape index (κ3) is 2.23. The minimum Gasteiger partial charge on any atom is -0.493 e. The molecule has 0 aliphatic carbocycles. The molecule has 0 aliphatic heterocycles. The Morgan fingerprint density at radius 1 is 1.67 bits per heavy atom. The number of methoxy groups -OCH3 is 1. The summed E-state index contributed by atoms with van der Waals surface area (Å²) in [6, 6.07) is 0. The fraction of sp³-hybridized carbons (Fsp3) is 0.250. The molecule has 15 heavy (non-hydrogen) atoms. The van der Waals surface area contributed by atoms with Crippen LogP contribution in [0.1, 0.15) is 22.5 Å². The number of halogens is 3. The van der Waals surface area contributed by atoms with Crippen LogP contribution < -0.4 is 10.5 Å². The van der Waals surface area contributed by atoms with E-state index in [1.165, 1.54) is 7.11 Å². The quantitative estimate of drug-likeness (QED) is 0.920. The molecule has 2 N–H and O–H groups in total. The van der Waals surface area contributed by atoms with Crippen molar-refractivity contribution in [2.75, 3.05) is 7.11 Å². The molecule has 1 rings (SSSR count). The van der Waals surface area contributed by atoms with Crippen LogP contribution in [0.2, 0.25) is 0 Å². The van der Waals surface area contributed by atoms with Gasteiger partial charge in [-0.15, -0.1) is 0 Å². The molecule has 4 nitrogen and oxygen atoms in total. The van der Waals surface area contributed by atoms with Gasteiger partial charge < -0.3 is 10.5 Å². The van der Waals surface area contributed by atoms with E-state index in [9.17, 15) is 13.6 Å². The summed E-state index contributed by atoms with van der Waals surface area (Å²) in [5.74, 6) is -0.949. The van der Waals surface area contributed by atoms with Crippen LogP contribution in [-0.4, -0.2) is 18.0 Å². The van der Waals surface area contributed by atoms with Crippen molar-refractivity contribution < 1.29 is 18.3 Å². The number of primary amides is 1. The zero-order chi connectivity index (χ0) is 11.6. The van der Waals surface area contributed by atoms with Gasteiger partial charge in [0.15, 0.2) is 5.75 Å². The van der Waals surface area contributed by atoms with Crippen molar-refractivity contribution in [1.29, 1.82) is 0 Å². The number of pyridine rings is 1. The van der Waals surface area contributed by atoms with Crippen LogP contribution in [0, 0.1) is 0 Å². The highest BCUT2D eigenvalue weighted by molar-refractivity contribution is 9.10. The number of rotatable bonds is 3. The van der Waals surface area contributed by atoms with Crippen molar-refractivity contribution in [3.05, 3.63) is 21.9 Å². The first-order valence-electron chi connectivity index (χ1n) is 3.79. The van der Waals surface area contributed by atoms with Crippen LogP contribution in [0.4, 0.5) is 8.78 Å². The van der Waals surface area contributed by atoms with Gasteiger partial charge in [-0.1, -0.05) is 0 Å². The number of hydrogen-bond acceptors (Lipinski definition) is 3. The SMILES string of the molecule is COc1c(C(F)F)ncc(C(N)=O)c1Br. The van der Waals surface area contributed by atoms with Gasteiger partial charge >= 0.3 is 0 Å². The van der Waals surface area contributed by atoms with Crippen LogP contribution in [0.3, 0.4) is 0 Å². The predicted molar refractivity (Wildman–Crippen MR) is 52.0 cm³/mol. The molecule has 0 unspecified atom stereocenters. The first kappa shape index (κ1) is 11.8. The summed E-state index contributed by atoms with van der Waals surface area (Å²) in [5, 5.41) is 0. The first-order chi connectivity index (χ1) is 6.99. The topological polar surface area (TPSA) is 65.2 Å². The number of amides is 1. The fourth-order valence-corrected chi connectivity index (χ4v) is 1.67. The van der Waals surface area contributed by atoms with Crippen molar-refractivity contribution in [3.8, 4) is 5.75 Å². The monoisotopic (exact) mass is 280 g/mol. The van der Waals surface area contributed by atoms with Gasteiger partial charge in [-0.05, 0) is 15.9 Å². The molecule has 0 spiro atoms. The highest BCUT2D eigenvalue weighted by Gasteiger charge is 2.22. The third-order valence-corrected chi connectivity index (χ3v) is 2.46. The van der Waals surface area contributed by atoms with E-state index in [2.05, 4.69) is 20.9 Å². The van der Waals surface area contributed by atoms with Gasteiger partial charge in [-0.3, -0.25) is 9.78 Å². The number of hydrogen-bond donors (Lipinski definition) is 1. The Hall–Kier alpha value is -1.24. The van der Waals surface area contributed by atoms with E-state index in [4.69, 9.17) is 10.5 Å². The maximum atomic E-state index is 12.4. The molecule has 0 atom stereocenters. The number of carbonyl (C=O) groups is 1. The molecule has 0 radical (unpaired) electrons. The number of nitrogens with two attached hydrogens (primary N) is 1. The summed E-state index contributed by atoms with van der Waals surface area (Å²) < 4.78 is 29.7. The molecule has 1 aromatic rings. The second-order valence-corrected chi connectivity index (χ2v) is 3.36. The lowest BCUT2D eigenvalue weighted by Gasteiger charge is -2.10. The molecule has 82 valence electrons. The molecule has 0 fully saturated rings. The Kier molecular flexibility index (Phi) is 3.57. The Balaban J connectivity index is 3.39. The average molecular weight is 281 g/mol. The summed E-state index contributed by atoms with van der Waals surface area (Å²) >= 11 is 2.96. The van der Waals surface area contributed by atoms with E-state index in [1.54, 1.807) is 0 Å².